The van der Waals surface area contributed by atoms with Crippen molar-refractivity contribution in [3.8, 4) is 0 Å². The van der Waals surface area contributed by atoms with Crippen molar-refractivity contribution in [3.63, 3.8) is 0 Å². The fourth-order valence-corrected chi connectivity index (χ4v) is 3.04. The number of halogens is 6. The minimum absolute atomic E-state index is 0.316. The van der Waals surface area contributed by atoms with Gasteiger partial charge in [-0.05, 0) is 12.1 Å². The van der Waals surface area contributed by atoms with Gasteiger partial charge in [0.25, 0.3) is 0 Å². The average Bonchev–Trinajstić information content (AvgIpc) is 2.37. The summed E-state index contributed by atoms with van der Waals surface area (Å²) in [4.78, 5) is 1.45. The van der Waals surface area contributed by atoms with Crippen molar-refractivity contribution in [2.75, 3.05) is 6.26 Å². The van der Waals surface area contributed by atoms with Gasteiger partial charge < -0.3 is 0 Å². The van der Waals surface area contributed by atoms with Crippen LogP contribution in [0.25, 0.3) is 0 Å². The topological polar surface area (TPSA) is 0 Å². The zero-order chi connectivity index (χ0) is 16.9. The standard InChI is InChI=1S/C14H15S.6FH.Sb/c1-15(14-10-6-3-7-11-14)12-13-8-4-2-5-9-13;;;;;;;/h2-11H,12H2,1H3;6*1H;/q+1;;;;;;;+5/p-6. The number of rotatable bonds is 3. The maximum absolute atomic E-state index is 11.2. The van der Waals surface area contributed by atoms with Gasteiger partial charge in [-0.25, -0.2) is 0 Å². The van der Waals surface area contributed by atoms with Gasteiger partial charge in [0, 0.05) is 16.5 Å². The van der Waals surface area contributed by atoms with Crippen LogP contribution in [0, 0.1) is 0 Å². The zero-order valence-corrected chi connectivity index (χ0v) is 15.0. The molecule has 8 heteroatoms. The Balaban J connectivity index is 0.000000295. The Kier molecular flexibility index (Phi) is 5.56. The molecule has 124 valence electrons. The van der Waals surface area contributed by atoms with E-state index in [-0.39, 0.29) is 0 Å². The Morgan fingerprint density at radius 1 is 0.727 bits per heavy atom. The van der Waals surface area contributed by atoms with Crippen LogP contribution in [-0.4, -0.2) is 25.7 Å². The summed E-state index contributed by atoms with van der Waals surface area (Å²) in [6, 6.07) is 21.4. The second-order valence-electron chi connectivity index (χ2n) is 4.54. The molecule has 2 aromatic rings. The molecule has 0 aromatic heterocycles. The van der Waals surface area contributed by atoms with E-state index in [9.17, 15) is 16.9 Å². The van der Waals surface area contributed by atoms with Crippen molar-refractivity contribution in [2.45, 2.75) is 10.6 Å². The fraction of sp³-hybridized carbons (Fsp3) is 0.143. The molecular weight excluding hydrogens is 436 g/mol. The number of hydrogen-bond donors (Lipinski definition) is 0. The fourth-order valence-electron chi connectivity index (χ4n) is 1.56. The van der Waals surface area contributed by atoms with Gasteiger partial charge in [-0.3, -0.25) is 0 Å². The van der Waals surface area contributed by atoms with E-state index in [4.69, 9.17) is 0 Å². The minimum atomic E-state index is -11.2. The quantitative estimate of drug-likeness (QED) is 0.322. The first-order valence-electron chi connectivity index (χ1n) is 6.09. The van der Waals surface area contributed by atoms with Gasteiger partial charge in [0.05, 0.1) is 0 Å². The summed E-state index contributed by atoms with van der Waals surface area (Å²) in [6.45, 7) is 0. The van der Waals surface area contributed by atoms with Gasteiger partial charge >= 0.3 is 36.4 Å². The molecule has 0 saturated heterocycles. The summed E-state index contributed by atoms with van der Waals surface area (Å²) in [7, 11) is 0.316. The Morgan fingerprint density at radius 3 is 1.50 bits per heavy atom. The van der Waals surface area contributed by atoms with E-state index >= 15 is 0 Å². The van der Waals surface area contributed by atoms with Crippen molar-refractivity contribution in [1.82, 2.24) is 0 Å². The second-order valence-corrected chi connectivity index (χ2v) is 12.0. The third-order valence-corrected chi connectivity index (χ3v) is 4.21. The SMILES string of the molecule is C[S+](Cc1ccccc1)c1ccccc1.[F][Sb-]([F])([F])([F])([F])[F]. The molecule has 0 saturated carbocycles. The first-order valence-corrected chi connectivity index (χ1v) is 13.7. The van der Waals surface area contributed by atoms with Crippen LogP contribution in [0.3, 0.4) is 0 Å². The van der Waals surface area contributed by atoms with Crippen LogP contribution >= 0.6 is 0 Å². The molecule has 1 atom stereocenters. The molecule has 0 fully saturated rings. The van der Waals surface area contributed by atoms with E-state index in [0.29, 0.717) is 10.9 Å². The van der Waals surface area contributed by atoms with Crippen LogP contribution in [0.5, 0.6) is 0 Å². The third-order valence-electron chi connectivity index (χ3n) is 2.37. The summed E-state index contributed by atoms with van der Waals surface area (Å²) in [6.07, 6.45) is 2.31. The first-order chi connectivity index (χ1) is 9.81. The van der Waals surface area contributed by atoms with Crippen LogP contribution in [0.1, 0.15) is 5.56 Å². The summed E-state index contributed by atoms with van der Waals surface area (Å²) in [5.74, 6) is 1.14. The molecule has 0 aliphatic carbocycles. The predicted molar refractivity (Wildman–Crippen MR) is 80.5 cm³/mol. The zero-order valence-electron chi connectivity index (χ0n) is 11.6. The number of benzene rings is 2. The average molecular weight is 451 g/mol. The molecule has 0 aliphatic heterocycles. The summed E-state index contributed by atoms with van der Waals surface area (Å²) < 4.78 is 59.6. The molecule has 0 amide bonds. The van der Waals surface area contributed by atoms with Crippen LogP contribution in [0.2, 0.25) is 0 Å². The van der Waals surface area contributed by atoms with Gasteiger partial charge in [-0.1, -0.05) is 48.5 Å². The molecule has 0 aliphatic rings. The van der Waals surface area contributed by atoms with Crippen LogP contribution in [-0.2, 0) is 16.6 Å². The van der Waals surface area contributed by atoms with Crippen molar-refractivity contribution < 1.29 is 16.9 Å². The monoisotopic (exact) mass is 450 g/mol. The molecular formula is C14H15F6SSb. The molecule has 0 nitrogen and oxygen atoms in total. The van der Waals surface area contributed by atoms with Crippen LogP contribution < -0.4 is 0 Å². The third kappa shape index (κ3) is 11.8. The molecule has 0 bridgehead atoms. The summed E-state index contributed by atoms with van der Waals surface area (Å²) >= 11 is -11.2. The van der Waals surface area contributed by atoms with E-state index < -0.39 is 19.5 Å². The van der Waals surface area contributed by atoms with E-state index in [1.807, 2.05) is 0 Å². The molecule has 2 aromatic carbocycles. The number of hydrogen-bond acceptors (Lipinski definition) is 0. The van der Waals surface area contributed by atoms with Crippen molar-refractivity contribution in [2.24, 2.45) is 0 Å². The van der Waals surface area contributed by atoms with Crippen molar-refractivity contribution in [3.05, 3.63) is 66.2 Å². The Hall–Kier alpha value is -0.812. The molecule has 1 unspecified atom stereocenters. The summed E-state index contributed by atoms with van der Waals surface area (Å²) in [5.41, 5.74) is 1.42. The molecule has 2 rings (SSSR count). The molecule has 0 heterocycles. The van der Waals surface area contributed by atoms with E-state index in [2.05, 4.69) is 66.9 Å². The van der Waals surface area contributed by atoms with E-state index in [1.165, 1.54) is 10.5 Å². The van der Waals surface area contributed by atoms with Gasteiger partial charge in [-0.2, -0.15) is 0 Å². The Morgan fingerprint density at radius 2 is 1.09 bits per heavy atom. The summed E-state index contributed by atoms with van der Waals surface area (Å²) in [5, 5.41) is 0. The molecule has 0 spiro atoms. The normalized spacial score (nSPS) is 15.8. The van der Waals surface area contributed by atoms with Crippen molar-refractivity contribution >= 4 is 30.4 Å². The predicted octanol–water partition coefficient (Wildman–Crippen LogP) is 5.63. The van der Waals surface area contributed by atoms with Crippen LogP contribution in [0.4, 0.5) is 16.9 Å². The molecule has 0 radical (unpaired) electrons. The Labute approximate surface area is 130 Å². The van der Waals surface area contributed by atoms with Crippen LogP contribution in [0.15, 0.2) is 65.6 Å². The van der Waals surface area contributed by atoms with Gasteiger partial charge in [0.15, 0.2) is 4.90 Å². The molecule has 22 heavy (non-hydrogen) atoms. The first kappa shape index (κ1) is 19.2. The van der Waals surface area contributed by atoms with E-state index in [1.54, 1.807) is 0 Å². The van der Waals surface area contributed by atoms with Gasteiger partial charge in [0.2, 0.25) is 0 Å². The maximum atomic E-state index is 9.93. The van der Waals surface area contributed by atoms with E-state index in [0.717, 1.165) is 5.75 Å². The molecule has 0 N–H and O–H groups in total. The van der Waals surface area contributed by atoms with Crippen molar-refractivity contribution in [1.29, 1.82) is 0 Å². The van der Waals surface area contributed by atoms with Gasteiger partial charge in [0.1, 0.15) is 12.0 Å². The van der Waals surface area contributed by atoms with Gasteiger partial charge in [-0.15, -0.1) is 0 Å². The second kappa shape index (κ2) is 6.36. The Bertz CT molecular complexity index is 571.